The van der Waals surface area contributed by atoms with Crippen LogP contribution in [0.5, 0.6) is 0 Å². The van der Waals surface area contributed by atoms with Crippen LogP contribution < -0.4 is 5.32 Å². The van der Waals surface area contributed by atoms with Gasteiger partial charge in [0.1, 0.15) is 25.1 Å². The lowest BCUT2D eigenvalue weighted by Crippen LogP contribution is -2.43. The first kappa shape index (κ1) is 24.1. The van der Waals surface area contributed by atoms with Crippen molar-refractivity contribution in [1.82, 2.24) is 5.32 Å². The van der Waals surface area contributed by atoms with Crippen LogP contribution >= 0.6 is 15.9 Å². The molecule has 170 valence electrons. The Labute approximate surface area is 198 Å². The van der Waals surface area contributed by atoms with Crippen molar-refractivity contribution in [3.05, 3.63) is 106 Å². The minimum Gasteiger partial charge on any atom is -0.461 e. The Bertz CT molecular complexity index is 1110. The molecule has 0 bridgehead atoms. The second-order valence-corrected chi connectivity index (χ2v) is 8.01. The van der Waals surface area contributed by atoms with Gasteiger partial charge in [0.25, 0.3) is 5.91 Å². The van der Waals surface area contributed by atoms with Crippen LogP contribution in [0.2, 0.25) is 0 Å². The van der Waals surface area contributed by atoms with Gasteiger partial charge >= 0.3 is 11.9 Å². The molecule has 3 aromatic carbocycles. The van der Waals surface area contributed by atoms with Gasteiger partial charge < -0.3 is 14.8 Å². The van der Waals surface area contributed by atoms with E-state index in [-0.39, 0.29) is 18.8 Å². The molecule has 1 amide bonds. The lowest BCUT2D eigenvalue weighted by molar-refractivity contribution is -0.153. The largest absolute Gasteiger partial charge is 0.461 e. The quantitative estimate of drug-likeness (QED) is 0.424. The van der Waals surface area contributed by atoms with Crippen LogP contribution in [0.15, 0.2) is 83.3 Å². The molecule has 3 rings (SSSR count). The Morgan fingerprint density at radius 3 is 2.00 bits per heavy atom. The third-order valence-corrected chi connectivity index (χ3v) is 5.10. The molecule has 3 aromatic rings. The normalized spacial score (nSPS) is 11.3. The van der Waals surface area contributed by atoms with Crippen molar-refractivity contribution in [2.45, 2.75) is 25.7 Å². The minimum absolute atomic E-state index is 0.0146. The van der Waals surface area contributed by atoms with E-state index in [1.807, 2.05) is 12.1 Å². The zero-order chi connectivity index (χ0) is 23.6. The number of amides is 1. The average molecular weight is 514 g/mol. The number of carbonyl (C=O) groups is 3. The number of halogens is 2. The van der Waals surface area contributed by atoms with Crippen molar-refractivity contribution >= 4 is 33.8 Å². The summed E-state index contributed by atoms with van der Waals surface area (Å²) >= 11 is 3.12. The van der Waals surface area contributed by atoms with Gasteiger partial charge in [0.05, 0.1) is 12.0 Å². The van der Waals surface area contributed by atoms with Crippen molar-refractivity contribution < 1.29 is 28.2 Å². The highest BCUT2D eigenvalue weighted by Gasteiger charge is 2.27. The highest BCUT2D eigenvalue weighted by atomic mass is 79.9. The first-order chi connectivity index (χ1) is 15.9. The molecule has 6 nitrogen and oxygen atoms in total. The number of ether oxygens (including phenoxy) is 2. The number of rotatable bonds is 9. The van der Waals surface area contributed by atoms with Gasteiger partial charge in [0.15, 0.2) is 0 Å². The number of benzene rings is 3. The molecule has 0 radical (unpaired) electrons. The van der Waals surface area contributed by atoms with Gasteiger partial charge in [-0.15, -0.1) is 0 Å². The maximum Gasteiger partial charge on any atom is 0.329 e. The first-order valence-corrected chi connectivity index (χ1v) is 10.9. The van der Waals surface area contributed by atoms with Crippen molar-refractivity contribution in [3.63, 3.8) is 0 Å². The molecule has 0 fully saturated rings. The molecule has 0 unspecified atom stereocenters. The molecule has 0 saturated carbocycles. The Kier molecular flexibility index (Phi) is 8.71. The average Bonchev–Trinajstić information content (AvgIpc) is 2.82. The zero-order valence-electron chi connectivity index (χ0n) is 17.5. The number of hydrogen-bond acceptors (Lipinski definition) is 5. The lowest BCUT2D eigenvalue weighted by atomic mass is 10.1. The summed E-state index contributed by atoms with van der Waals surface area (Å²) in [6, 6.07) is 20.5. The van der Waals surface area contributed by atoms with Crippen LogP contribution in [0.1, 0.15) is 27.9 Å². The monoisotopic (exact) mass is 513 g/mol. The summed E-state index contributed by atoms with van der Waals surface area (Å²) in [6.45, 7) is -0.0293. The second-order valence-electron chi connectivity index (χ2n) is 7.09. The topological polar surface area (TPSA) is 81.7 Å². The lowest BCUT2D eigenvalue weighted by Gasteiger charge is -2.18. The molecular formula is C25H21BrFNO5. The molecule has 1 atom stereocenters. The van der Waals surface area contributed by atoms with Crippen molar-refractivity contribution in [3.8, 4) is 0 Å². The van der Waals surface area contributed by atoms with E-state index < -0.39 is 36.1 Å². The Morgan fingerprint density at radius 1 is 0.848 bits per heavy atom. The van der Waals surface area contributed by atoms with Crippen LogP contribution in [-0.4, -0.2) is 23.9 Å². The molecule has 0 aromatic heterocycles. The Hall–Kier alpha value is -3.52. The van der Waals surface area contributed by atoms with Crippen LogP contribution in [0.25, 0.3) is 0 Å². The predicted molar refractivity (Wildman–Crippen MR) is 122 cm³/mol. The number of esters is 2. The number of hydrogen-bond donors (Lipinski definition) is 1. The van der Waals surface area contributed by atoms with E-state index in [1.165, 1.54) is 12.1 Å². The van der Waals surface area contributed by atoms with Crippen LogP contribution in [0.3, 0.4) is 0 Å². The standard InChI is InChI=1S/C25H21BrFNO5/c26-19-11-12-20(21(27)13-19)24(30)28-22(25(31)33-16-18-9-5-2-6-10-18)14-23(29)32-15-17-7-3-1-4-8-17/h1-13,22H,14-16H2,(H,28,30)/t22-/m0/s1. The fourth-order valence-electron chi connectivity index (χ4n) is 2.90. The fourth-order valence-corrected chi connectivity index (χ4v) is 3.23. The van der Waals surface area contributed by atoms with Crippen molar-refractivity contribution in [2.75, 3.05) is 0 Å². The smallest absolute Gasteiger partial charge is 0.329 e. The summed E-state index contributed by atoms with van der Waals surface area (Å²) < 4.78 is 25.1. The van der Waals surface area contributed by atoms with Crippen LogP contribution in [0.4, 0.5) is 4.39 Å². The maximum atomic E-state index is 14.2. The molecule has 1 N–H and O–H groups in total. The zero-order valence-corrected chi connectivity index (χ0v) is 19.1. The van der Waals surface area contributed by atoms with Crippen molar-refractivity contribution in [1.29, 1.82) is 0 Å². The van der Waals surface area contributed by atoms with Crippen molar-refractivity contribution in [2.24, 2.45) is 0 Å². The first-order valence-electron chi connectivity index (χ1n) is 10.1. The SMILES string of the molecule is O=C(C[C@H](NC(=O)c1ccc(Br)cc1F)C(=O)OCc1ccccc1)OCc1ccccc1. The van der Waals surface area contributed by atoms with E-state index in [0.29, 0.717) is 4.47 Å². The van der Waals surface area contributed by atoms with E-state index in [4.69, 9.17) is 9.47 Å². The predicted octanol–water partition coefficient (Wildman–Crippen LogP) is 4.56. The summed E-state index contributed by atoms with van der Waals surface area (Å²) in [7, 11) is 0. The Morgan fingerprint density at radius 2 is 1.42 bits per heavy atom. The summed E-state index contributed by atoms with van der Waals surface area (Å²) in [5, 5.41) is 2.39. The van der Waals surface area contributed by atoms with Gasteiger partial charge in [-0.1, -0.05) is 76.6 Å². The van der Waals surface area contributed by atoms with E-state index >= 15 is 0 Å². The highest BCUT2D eigenvalue weighted by molar-refractivity contribution is 9.10. The summed E-state index contributed by atoms with van der Waals surface area (Å²) in [5.41, 5.74) is 1.24. The van der Waals surface area contributed by atoms with Gasteiger partial charge in [-0.05, 0) is 29.3 Å². The number of carbonyl (C=O) groups excluding carboxylic acids is 3. The molecule has 8 heteroatoms. The van der Waals surface area contributed by atoms with Gasteiger partial charge in [-0.25, -0.2) is 9.18 Å². The Balaban J connectivity index is 1.68. The molecule has 0 aliphatic carbocycles. The molecule has 0 heterocycles. The van der Waals surface area contributed by atoms with Crippen LogP contribution in [0, 0.1) is 5.82 Å². The summed E-state index contributed by atoms with van der Waals surface area (Å²) in [4.78, 5) is 37.7. The van der Waals surface area contributed by atoms with E-state index in [9.17, 15) is 18.8 Å². The molecular weight excluding hydrogens is 493 g/mol. The third-order valence-electron chi connectivity index (χ3n) is 4.60. The third kappa shape index (κ3) is 7.54. The number of nitrogens with one attached hydrogen (secondary N) is 1. The van der Waals surface area contributed by atoms with Gasteiger partial charge in [0, 0.05) is 4.47 Å². The molecule has 0 saturated heterocycles. The van der Waals surface area contributed by atoms with Gasteiger partial charge in [0.2, 0.25) is 0 Å². The maximum absolute atomic E-state index is 14.2. The highest BCUT2D eigenvalue weighted by Crippen LogP contribution is 2.16. The molecule has 0 spiro atoms. The second kappa shape index (κ2) is 11.9. The minimum atomic E-state index is -1.35. The summed E-state index contributed by atoms with van der Waals surface area (Å²) in [5.74, 6) is -3.17. The van der Waals surface area contributed by atoms with E-state index in [2.05, 4.69) is 21.2 Å². The summed E-state index contributed by atoms with van der Waals surface area (Å²) in [6.07, 6.45) is -0.468. The van der Waals surface area contributed by atoms with E-state index in [1.54, 1.807) is 48.5 Å². The molecule has 0 aliphatic heterocycles. The molecule has 33 heavy (non-hydrogen) atoms. The van der Waals surface area contributed by atoms with Crippen LogP contribution in [-0.2, 0) is 32.3 Å². The van der Waals surface area contributed by atoms with Gasteiger partial charge in [-0.2, -0.15) is 0 Å². The van der Waals surface area contributed by atoms with E-state index in [0.717, 1.165) is 17.2 Å². The molecule has 0 aliphatic rings. The van der Waals surface area contributed by atoms with Gasteiger partial charge in [-0.3, -0.25) is 9.59 Å². The fraction of sp³-hybridized carbons (Fsp3) is 0.160.